The summed E-state index contributed by atoms with van der Waals surface area (Å²) in [6.45, 7) is 9.11. The van der Waals surface area contributed by atoms with E-state index >= 15 is 0 Å². The van der Waals surface area contributed by atoms with Gasteiger partial charge in [-0.25, -0.2) is 0 Å². The number of hydrogen-bond acceptors (Lipinski definition) is 4. The topological polar surface area (TPSA) is 71.2 Å². The number of rotatable bonds is 8. The first kappa shape index (κ1) is 19.9. The third-order valence-electron chi connectivity index (χ3n) is 4.81. The zero-order valence-corrected chi connectivity index (χ0v) is 16.4. The summed E-state index contributed by atoms with van der Waals surface area (Å²) in [5, 5.41) is 3.41. The van der Waals surface area contributed by atoms with E-state index in [1.165, 1.54) is 6.92 Å². The van der Waals surface area contributed by atoms with Crippen molar-refractivity contribution in [1.29, 1.82) is 0 Å². The third kappa shape index (κ3) is 4.05. The number of benzene rings is 1. The van der Waals surface area contributed by atoms with Crippen molar-refractivity contribution in [1.82, 2.24) is 10.3 Å². The molecule has 5 heteroatoms. The van der Waals surface area contributed by atoms with Crippen LogP contribution in [0.15, 0.2) is 24.3 Å². The van der Waals surface area contributed by atoms with E-state index in [1.807, 2.05) is 45.0 Å². The maximum Gasteiger partial charge on any atom is 0.195 e. The lowest BCUT2D eigenvalue weighted by Gasteiger charge is -2.22. The number of carbonyl (C=O) groups is 2. The van der Waals surface area contributed by atoms with Crippen LogP contribution in [0.1, 0.15) is 70.9 Å². The summed E-state index contributed by atoms with van der Waals surface area (Å²) in [4.78, 5) is 27.8. The maximum atomic E-state index is 12.9. The summed E-state index contributed by atoms with van der Waals surface area (Å²) >= 11 is 0. The van der Waals surface area contributed by atoms with E-state index in [0.29, 0.717) is 11.3 Å². The number of aromatic amines is 1. The van der Waals surface area contributed by atoms with Gasteiger partial charge in [0.25, 0.3) is 0 Å². The lowest BCUT2D eigenvalue weighted by atomic mass is 10.00. The number of methoxy groups -OCH3 is 1. The smallest absolute Gasteiger partial charge is 0.195 e. The summed E-state index contributed by atoms with van der Waals surface area (Å²) in [6, 6.07) is 7.54. The minimum Gasteiger partial charge on any atom is -0.497 e. The molecule has 0 aliphatic heterocycles. The second kappa shape index (κ2) is 8.32. The molecule has 0 amide bonds. The van der Waals surface area contributed by atoms with Crippen LogP contribution in [0.4, 0.5) is 0 Å². The van der Waals surface area contributed by atoms with Gasteiger partial charge in [0.2, 0.25) is 0 Å². The van der Waals surface area contributed by atoms with Crippen molar-refractivity contribution in [2.45, 2.75) is 53.1 Å². The predicted molar refractivity (Wildman–Crippen MR) is 103 cm³/mol. The quantitative estimate of drug-likeness (QED) is 0.697. The normalized spacial score (nSPS) is 13.3. The Morgan fingerprint density at radius 3 is 2.27 bits per heavy atom. The van der Waals surface area contributed by atoms with Gasteiger partial charge >= 0.3 is 0 Å². The van der Waals surface area contributed by atoms with Crippen molar-refractivity contribution in [3.05, 3.63) is 52.3 Å². The number of Topliss-reactive ketones (excluding diaryl/α,β-unsaturated/α-hetero) is 2. The molecule has 0 spiro atoms. The monoisotopic (exact) mass is 356 g/mol. The van der Waals surface area contributed by atoms with E-state index in [0.717, 1.165) is 29.0 Å². The van der Waals surface area contributed by atoms with Gasteiger partial charge in [0.1, 0.15) is 5.75 Å². The number of ether oxygens (including phenoxy) is 1. The number of hydrogen-bond donors (Lipinski definition) is 2. The number of aryl methyl sites for hydroxylation is 1. The lowest BCUT2D eigenvalue weighted by Crippen LogP contribution is -2.37. The minimum atomic E-state index is -0.376. The standard InChI is InChI=1S/C21H28N2O3/c1-7-18(16-8-10-17(26-6)11-9-16)22-14(4)21(25)20-12(2)19(15(5)24)13(3)23-20/h8-11,14,18,22-23H,7H2,1-6H3/t14-,18-/m1/s1. The first-order valence-corrected chi connectivity index (χ1v) is 8.94. The molecule has 0 saturated heterocycles. The zero-order valence-electron chi connectivity index (χ0n) is 16.4. The summed E-state index contributed by atoms with van der Waals surface area (Å²) < 4.78 is 5.20. The van der Waals surface area contributed by atoms with Crippen molar-refractivity contribution in [2.24, 2.45) is 0 Å². The highest BCUT2D eigenvalue weighted by Gasteiger charge is 2.25. The molecule has 140 valence electrons. The van der Waals surface area contributed by atoms with E-state index in [1.54, 1.807) is 7.11 Å². The largest absolute Gasteiger partial charge is 0.497 e. The first-order chi connectivity index (χ1) is 12.3. The van der Waals surface area contributed by atoms with Gasteiger partial charge in [0, 0.05) is 17.3 Å². The van der Waals surface area contributed by atoms with Gasteiger partial charge in [-0.1, -0.05) is 19.1 Å². The molecular weight excluding hydrogens is 328 g/mol. The molecule has 26 heavy (non-hydrogen) atoms. The molecule has 1 aromatic carbocycles. The first-order valence-electron chi connectivity index (χ1n) is 8.94. The van der Waals surface area contributed by atoms with Crippen LogP contribution in [0.2, 0.25) is 0 Å². The molecule has 2 rings (SSSR count). The van der Waals surface area contributed by atoms with Gasteiger partial charge in [-0.05, 0) is 57.4 Å². The SMILES string of the molecule is CC[C@@H](N[C@H](C)C(=O)c1[nH]c(C)c(C(C)=O)c1C)c1ccc(OC)cc1. The summed E-state index contributed by atoms with van der Waals surface area (Å²) in [5.74, 6) is 0.743. The Balaban J connectivity index is 2.19. The highest BCUT2D eigenvalue weighted by atomic mass is 16.5. The van der Waals surface area contributed by atoms with Crippen molar-refractivity contribution in [2.75, 3.05) is 7.11 Å². The summed E-state index contributed by atoms with van der Waals surface area (Å²) in [6.07, 6.45) is 0.853. The van der Waals surface area contributed by atoms with Crippen LogP contribution in [0, 0.1) is 13.8 Å². The Morgan fingerprint density at radius 1 is 1.19 bits per heavy atom. The van der Waals surface area contributed by atoms with E-state index in [4.69, 9.17) is 4.74 Å². The number of carbonyl (C=O) groups excluding carboxylic acids is 2. The second-order valence-electron chi connectivity index (χ2n) is 6.67. The highest BCUT2D eigenvalue weighted by Crippen LogP contribution is 2.23. The van der Waals surface area contributed by atoms with Crippen LogP contribution in [0.3, 0.4) is 0 Å². The minimum absolute atomic E-state index is 0.0272. The Hall–Kier alpha value is -2.40. The molecule has 0 radical (unpaired) electrons. The molecule has 0 aliphatic rings. The van der Waals surface area contributed by atoms with Crippen LogP contribution in [0.5, 0.6) is 5.75 Å². The molecule has 0 fully saturated rings. The molecule has 0 unspecified atom stereocenters. The van der Waals surface area contributed by atoms with Crippen LogP contribution in [-0.4, -0.2) is 29.7 Å². The Labute approximate surface area is 155 Å². The zero-order chi connectivity index (χ0) is 19.4. The third-order valence-corrected chi connectivity index (χ3v) is 4.81. The van der Waals surface area contributed by atoms with Crippen molar-refractivity contribution >= 4 is 11.6 Å². The fourth-order valence-electron chi connectivity index (χ4n) is 3.40. The molecule has 1 heterocycles. The Kier molecular flexibility index (Phi) is 6.37. The van der Waals surface area contributed by atoms with Crippen molar-refractivity contribution in [3.8, 4) is 5.75 Å². The fourth-order valence-corrected chi connectivity index (χ4v) is 3.40. The number of ketones is 2. The molecule has 2 atom stereocenters. The van der Waals surface area contributed by atoms with Gasteiger partial charge in [-0.2, -0.15) is 0 Å². The average molecular weight is 356 g/mol. The molecule has 0 bridgehead atoms. The highest BCUT2D eigenvalue weighted by molar-refractivity contribution is 6.05. The molecule has 0 saturated carbocycles. The van der Waals surface area contributed by atoms with Crippen LogP contribution >= 0.6 is 0 Å². The van der Waals surface area contributed by atoms with Crippen molar-refractivity contribution < 1.29 is 14.3 Å². The van der Waals surface area contributed by atoms with E-state index in [9.17, 15) is 9.59 Å². The predicted octanol–water partition coefficient (Wildman–Crippen LogP) is 4.15. The summed E-state index contributed by atoms with van der Waals surface area (Å²) in [5.41, 5.74) is 3.70. The molecule has 2 N–H and O–H groups in total. The fraction of sp³-hybridized carbons (Fsp3) is 0.429. The Bertz CT molecular complexity index is 790. The van der Waals surface area contributed by atoms with E-state index in [-0.39, 0.29) is 23.7 Å². The number of aromatic nitrogens is 1. The van der Waals surface area contributed by atoms with Gasteiger partial charge in [0.05, 0.1) is 18.8 Å². The molecule has 0 aliphatic carbocycles. The molecule has 2 aromatic rings. The Morgan fingerprint density at radius 2 is 1.81 bits per heavy atom. The van der Waals surface area contributed by atoms with Gasteiger partial charge in [0.15, 0.2) is 11.6 Å². The van der Waals surface area contributed by atoms with E-state index < -0.39 is 0 Å². The second-order valence-corrected chi connectivity index (χ2v) is 6.67. The number of nitrogens with one attached hydrogen (secondary N) is 2. The van der Waals surface area contributed by atoms with Crippen LogP contribution in [0.25, 0.3) is 0 Å². The van der Waals surface area contributed by atoms with Gasteiger partial charge in [-0.3, -0.25) is 9.59 Å². The van der Waals surface area contributed by atoms with Gasteiger partial charge in [-0.15, -0.1) is 0 Å². The molecule has 1 aromatic heterocycles. The van der Waals surface area contributed by atoms with Crippen LogP contribution < -0.4 is 10.1 Å². The average Bonchev–Trinajstić information content (AvgIpc) is 2.93. The van der Waals surface area contributed by atoms with E-state index in [2.05, 4.69) is 17.2 Å². The van der Waals surface area contributed by atoms with Crippen molar-refractivity contribution in [3.63, 3.8) is 0 Å². The van der Waals surface area contributed by atoms with Gasteiger partial charge < -0.3 is 15.0 Å². The summed E-state index contributed by atoms with van der Waals surface area (Å²) in [7, 11) is 1.64. The molecule has 5 nitrogen and oxygen atoms in total. The molecular formula is C21H28N2O3. The number of H-pyrrole nitrogens is 1. The maximum absolute atomic E-state index is 12.9. The lowest BCUT2D eigenvalue weighted by molar-refractivity contribution is 0.0938. The van der Waals surface area contributed by atoms with Crippen LogP contribution in [-0.2, 0) is 0 Å².